The van der Waals surface area contributed by atoms with Crippen molar-refractivity contribution in [3.63, 3.8) is 0 Å². The number of nitrogens with two attached hydrogens (primary N) is 1. The van der Waals surface area contributed by atoms with Crippen LogP contribution in [0.4, 0.5) is 0 Å². The Morgan fingerprint density at radius 1 is 1.07 bits per heavy atom. The molecular formula is C24H31N4O+. The Morgan fingerprint density at radius 3 is 2.72 bits per heavy atom. The summed E-state index contributed by atoms with van der Waals surface area (Å²) in [5.41, 5.74) is 9.01. The molecule has 0 atom stereocenters. The number of fused-ring (bicyclic) bond motifs is 1. The number of rotatable bonds is 10. The zero-order chi connectivity index (χ0) is 20.5. The van der Waals surface area contributed by atoms with Crippen LogP contribution in [0.5, 0.6) is 0 Å². The van der Waals surface area contributed by atoms with Crippen LogP contribution in [-0.2, 0) is 18.4 Å². The molecule has 1 amide bonds. The number of pyridine rings is 1. The second kappa shape index (κ2) is 10.6. The molecule has 0 fully saturated rings. The van der Waals surface area contributed by atoms with Crippen molar-refractivity contribution in [2.45, 2.75) is 32.2 Å². The number of unbranched alkanes of at least 4 members (excludes halogenated alkanes) is 2. The fourth-order valence-corrected chi connectivity index (χ4v) is 3.52. The van der Waals surface area contributed by atoms with Gasteiger partial charge in [0.1, 0.15) is 6.54 Å². The first-order chi connectivity index (χ1) is 14.2. The van der Waals surface area contributed by atoms with Gasteiger partial charge in [0.15, 0.2) is 0 Å². The van der Waals surface area contributed by atoms with Gasteiger partial charge in [0.2, 0.25) is 17.1 Å². The van der Waals surface area contributed by atoms with Gasteiger partial charge in [0.25, 0.3) is 0 Å². The van der Waals surface area contributed by atoms with Gasteiger partial charge in [0, 0.05) is 68.5 Å². The number of carbonyl (C=O) groups is 1. The number of benzene rings is 1. The first-order valence-electron chi connectivity index (χ1n) is 10.4. The zero-order valence-corrected chi connectivity index (χ0v) is 17.2. The number of amides is 1. The van der Waals surface area contributed by atoms with Crippen LogP contribution in [-0.4, -0.2) is 23.6 Å². The molecule has 0 bridgehead atoms. The highest BCUT2D eigenvalue weighted by Gasteiger charge is 2.13. The molecule has 0 aliphatic heterocycles. The monoisotopic (exact) mass is 391 g/mol. The summed E-state index contributed by atoms with van der Waals surface area (Å²) in [4.78, 5) is 11.7. The van der Waals surface area contributed by atoms with Crippen LogP contribution in [0, 0.1) is 0 Å². The molecular weight excluding hydrogens is 360 g/mol. The molecule has 5 nitrogen and oxygen atoms in total. The van der Waals surface area contributed by atoms with Crippen LogP contribution < -0.4 is 15.6 Å². The van der Waals surface area contributed by atoms with Crippen LogP contribution >= 0.6 is 0 Å². The van der Waals surface area contributed by atoms with E-state index in [0.29, 0.717) is 19.5 Å². The van der Waals surface area contributed by atoms with Crippen molar-refractivity contribution in [3.8, 4) is 0 Å². The average Bonchev–Trinajstić information content (AvgIpc) is 3.15. The minimum Gasteiger partial charge on any atom is -0.355 e. The number of aryl methyl sites for hydroxylation is 2. The molecule has 0 radical (unpaired) electrons. The van der Waals surface area contributed by atoms with Crippen molar-refractivity contribution in [2.75, 3.05) is 13.1 Å². The number of carbonyl (C=O) groups excluding carboxylic acids is 1. The summed E-state index contributed by atoms with van der Waals surface area (Å²) in [5.74, 6) is 0.0967. The van der Waals surface area contributed by atoms with Gasteiger partial charge < -0.3 is 15.6 Å². The van der Waals surface area contributed by atoms with Crippen LogP contribution in [0.25, 0.3) is 23.1 Å². The van der Waals surface area contributed by atoms with Crippen molar-refractivity contribution in [3.05, 3.63) is 66.1 Å². The summed E-state index contributed by atoms with van der Waals surface area (Å²) in [6.45, 7) is 1.97. The molecule has 0 unspecified atom stereocenters. The van der Waals surface area contributed by atoms with Crippen molar-refractivity contribution < 1.29 is 9.36 Å². The first kappa shape index (κ1) is 20.8. The van der Waals surface area contributed by atoms with Gasteiger partial charge >= 0.3 is 0 Å². The average molecular weight is 392 g/mol. The van der Waals surface area contributed by atoms with E-state index in [1.165, 1.54) is 22.3 Å². The Kier molecular flexibility index (Phi) is 7.59. The summed E-state index contributed by atoms with van der Waals surface area (Å²) >= 11 is 0. The Morgan fingerprint density at radius 2 is 1.93 bits per heavy atom. The fourth-order valence-electron chi connectivity index (χ4n) is 3.52. The highest BCUT2D eigenvalue weighted by molar-refractivity contribution is 5.77. The fraction of sp³-hybridized carbons (Fsp3) is 0.333. The largest absolute Gasteiger partial charge is 0.355 e. The highest BCUT2D eigenvalue weighted by Crippen LogP contribution is 2.14. The summed E-state index contributed by atoms with van der Waals surface area (Å²) in [5, 5.41) is 4.07. The quantitative estimate of drug-likeness (QED) is 0.412. The number of hydrogen-bond donors (Lipinski definition) is 2. The smallest absolute Gasteiger partial charge is 0.220 e. The molecule has 3 aromatic rings. The van der Waals surface area contributed by atoms with Crippen LogP contribution in [0.1, 0.15) is 37.1 Å². The first-order valence-corrected chi connectivity index (χ1v) is 10.4. The number of nitrogens with zero attached hydrogens (tertiary/aromatic N) is 2. The Balaban J connectivity index is 1.69. The molecule has 0 saturated heterocycles. The molecule has 29 heavy (non-hydrogen) atoms. The number of para-hydroxylation sites is 1. The Hall–Kier alpha value is -2.92. The van der Waals surface area contributed by atoms with Crippen LogP contribution in [0.15, 0.2) is 54.7 Å². The third-order valence-electron chi connectivity index (χ3n) is 5.13. The minimum atomic E-state index is 0.0967. The van der Waals surface area contributed by atoms with Gasteiger partial charge in [-0.15, -0.1) is 0 Å². The summed E-state index contributed by atoms with van der Waals surface area (Å²) in [7, 11) is 2.05. The van der Waals surface area contributed by atoms with Gasteiger partial charge in [-0.2, -0.15) is 4.57 Å². The maximum absolute atomic E-state index is 11.7. The summed E-state index contributed by atoms with van der Waals surface area (Å²) < 4.78 is 4.49. The lowest BCUT2D eigenvalue weighted by molar-refractivity contribution is -0.673. The van der Waals surface area contributed by atoms with E-state index >= 15 is 0 Å². The van der Waals surface area contributed by atoms with Crippen LogP contribution in [0.3, 0.4) is 0 Å². The molecule has 0 spiro atoms. The number of nitrogens with one attached hydrogen (secondary N) is 1. The normalized spacial score (nSPS) is 11.4. The lowest BCUT2D eigenvalue weighted by Gasteiger charge is -2.06. The van der Waals surface area contributed by atoms with E-state index in [1.54, 1.807) is 0 Å². The zero-order valence-electron chi connectivity index (χ0n) is 17.2. The maximum atomic E-state index is 11.7. The molecule has 3 N–H and O–H groups in total. The van der Waals surface area contributed by atoms with E-state index in [0.717, 1.165) is 25.8 Å². The topological polar surface area (TPSA) is 63.9 Å². The molecule has 5 heteroatoms. The van der Waals surface area contributed by atoms with E-state index in [-0.39, 0.29) is 5.91 Å². The van der Waals surface area contributed by atoms with Crippen molar-refractivity contribution >= 4 is 29.0 Å². The predicted molar refractivity (Wildman–Crippen MR) is 119 cm³/mol. The standard InChI is InChI=1S/C24H30N4O/c1-27-18-7-9-21(27)14-15-22-13-12-20-8-4-5-10-23(20)28(22)19-6-2-3-11-24(29)26-17-16-25/h4-5,7-10,12-15,18H,2-3,6,11,16-17,19,25H2,1H3/p+1. The lowest BCUT2D eigenvalue weighted by atomic mass is 10.1. The molecule has 0 aliphatic carbocycles. The molecule has 152 valence electrons. The molecule has 3 rings (SSSR count). The van der Waals surface area contributed by atoms with E-state index in [4.69, 9.17) is 5.73 Å². The summed E-state index contributed by atoms with van der Waals surface area (Å²) in [6.07, 6.45) is 9.92. The Labute approximate surface area is 172 Å². The SMILES string of the molecule is Cn1cccc1/C=C/c1ccc2ccccc2[n+]1CCCCCC(=O)NCCN. The van der Waals surface area contributed by atoms with Gasteiger partial charge in [-0.25, -0.2) is 0 Å². The Bertz CT molecular complexity index is 974. The van der Waals surface area contributed by atoms with E-state index in [1.807, 2.05) is 0 Å². The third-order valence-corrected chi connectivity index (χ3v) is 5.13. The van der Waals surface area contributed by atoms with Gasteiger partial charge in [0.05, 0.1) is 0 Å². The second-order valence-corrected chi connectivity index (χ2v) is 7.30. The van der Waals surface area contributed by atoms with Gasteiger partial charge in [-0.1, -0.05) is 12.1 Å². The molecule has 0 aliphatic rings. The maximum Gasteiger partial charge on any atom is 0.220 e. The number of hydrogen-bond acceptors (Lipinski definition) is 2. The predicted octanol–water partition coefficient (Wildman–Crippen LogP) is 3.27. The number of aromatic nitrogens is 2. The van der Waals surface area contributed by atoms with E-state index in [9.17, 15) is 4.79 Å². The van der Waals surface area contributed by atoms with Crippen LogP contribution in [0.2, 0.25) is 0 Å². The van der Waals surface area contributed by atoms with Gasteiger partial charge in [-0.05, 0) is 43.2 Å². The lowest BCUT2D eigenvalue weighted by Crippen LogP contribution is -2.38. The second-order valence-electron chi connectivity index (χ2n) is 7.30. The van der Waals surface area contributed by atoms with Gasteiger partial charge in [-0.3, -0.25) is 4.79 Å². The van der Waals surface area contributed by atoms with Crippen molar-refractivity contribution in [1.82, 2.24) is 9.88 Å². The van der Waals surface area contributed by atoms with E-state index < -0.39 is 0 Å². The van der Waals surface area contributed by atoms with Crippen molar-refractivity contribution in [2.24, 2.45) is 12.8 Å². The molecule has 2 heterocycles. The van der Waals surface area contributed by atoms with E-state index in [2.05, 4.69) is 88.4 Å². The molecule has 1 aromatic carbocycles. The molecule has 0 saturated carbocycles. The van der Waals surface area contributed by atoms with Crippen molar-refractivity contribution in [1.29, 1.82) is 0 Å². The third kappa shape index (κ3) is 5.78. The highest BCUT2D eigenvalue weighted by atomic mass is 16.1. The minimum absolute atomic E-state index is 0.0967. The summed E-state index contributed by atoms with van der Waals surface area (Å²) in [6, 6.07) is 17.0. The molecule has 2 aromatic heterocycles.